The van der Waals surface area contributed by atoms with Crippen molar-refractivity contribution in [2.75, 3.05) is 18.0 Å². The second-order valence-electron chi connectivity index (χ2n) is 6.77. The lowest BCUT2D eigenvalue weighted by Crippen LogP contribution is -2.42. The highest BCUT2D eigenvalue weighted by atomic mass is 16.3. The summed E-state index contributed by atoms with van der Waals surface area (Å²) in [6, 6.07) is 0. The van der Waals surface area contributed by atoms with Gasteiger partial charge in [0.2, 0.25) is 5.95 Å². The van der Waals surface area contributed by atoms with E-state index in [0.717, 1.165) is 37.6 Å². The Balaban J connectivity index is 1.94. The molecule has 0 bridgehead atoms. The van der Waals surface area contributed by atoms with Gasteiger partial charge >= 0.3 is 0 Å². The van der Waals surface area contributed by atoms with Crippen LogP contribution in [0.2, 0.25) is 0 Å². The van der Waals surface area contributed by atoms with Crippen LogP contribution >= 0.6 is 0 Å². The molecule has 1 aliphatic rings. The minimum absolute atomic E-state index is 0.0944. The predicted molar refractivity (Wildman–Crippen MR) is 80.6 cm³/mol. The third kappa shape index (κ3) is 4.15. The molecule has 2 unspecified atom stereocenters. The fourth-order valence-corrected chi connectivity index (χ4v) is 2.28. The summed E-state index contributed by atoms with van der Waals surface area (Å²) >= 11 is 0. The summed E-state index contributed by atoms with van der Waals surface area (Å²) < 4.78 is 0. The Morgan fingerprint density at radius 1 is 1.35 bits per heavy atom. The number of rotatable bonds is 3. The summed E-state index contributed by atoms with van der Waals surface area (Å²) in [5.41, 5.74) is 1.19. The van der Waals surface area contributed by atoms with Gasteiger partial charge in [-0.3, -0.25) is 0 Å². The molecular formula is C15H26N4O. The highest BCUT2D eigenvalue weighted by molar-refractivity contribution is 5.31. The van der Waals surface area contributed by atoms with E-state index in [1.165, 1.54) is 0 Å². The first-order chi connectivity index (χ1) is 9.35. The van der Waals surface area contributed by atoms with Gasteiger partial charge in [-0.1, -0.05) is 6.92 Å². The SMILES string of the molecule is CC1CN(c2ncc(CNC(C)(C)C)cn2)CCC1O. The van der Waals surface area contributed by atoms with E-state index in [0.29, 0.717) is 0 Å². The lowest BCUT2D eigenvalue weighted by atomic mass is 9.97. The van der Waals surface area contributed by atoms with Crippen LogP contribution < -0.4 is 10.2 Å². The van der Waals surface area contributed by atoms with E-state index in [1.807, 2.05) is 12.4 Å². The quantitative estimate of drug-likeness (QED) is 0.879. The zero-order valence-corrected chi connectivity index (χ0v) is 12.9. The Hall–Kier alpha value is -1.20. The summed E-state index contributed by atoms with van der Waals surface area (Å²) in [7, 11) is 0. The van der Waals surface area contributed by atoms with Crippen LogP contribution in [0, 0.1) is 5.92 Å². The second-order valence-corrected chi connectivity index (χ2v) is 6.77. The molecule has 1 fully saturated rings. The van der Waals surface area contributed by atoms with Crippen molar-refractivity contribution in [3.05, 3.63) is 18.0 Å². The number of anilines is 1. The molecule has 0 saturated carbocycles. The van der Waals surface area contributed by atoms with E-state index < -0.39 is 0 Å². The van der Waals surface area contributed by atoms with Gasteiger partial charge in [0.1, 0.15) is 0 Å². The van der Waals surface area contributed by atoms with E-state index in [1.54, 1.807) is 0 Å². The van der Waals surface area contributed by atoms with Crippen molar-refractivity contribution in [3.8, 4) is 0 Å². The van der Waals surface area contributed by atoms with Crippen LogP contribution in [0.25, 0.3) is 0 Å². The molecule has 0 spiro atoms. The molecule has 2 N–H and O–H groups in total. The van der Waals surface area contributed by atoms with Crippen molar-refractivity contribution >= 4 is 5.95 Å². The van der Waals surface area contributed by atoms with Gasteiger partial charge in [-0.25, -0.2) is 9.97 Å². The molecule has 2 rings (SSSR count). The highest BCUT2D eigenvalue weighted by Gasteiger charge is 2.25. The maximum absolute atomic E-state index is 9.76. The largest absolute Gasteiger partial charge is 0.393 e. The molecule has 5 heteroatoms. The van der Waals surface area contributed by atoms with E-state index in [9.17, 15) is 5.11 Å². The third-order valence-corrected chi connectivity index (χ3v) is 3.66. The number of piperidine rings is 1. The van der Waals surface area contributed by atoms with Crippen LogP contribution in [0.15, 0.2) is 12.4 Å². The molecule has 1 saturated heterocycles. The summed E-state index contributed by atoms with van der Waals surface area (Å²) in [6.07, 6.45) is 4.37. The van der Waals surface area contributed by atoms with E-state index in [-0.39, 0.29) is 17.6 Å². The standard InChI is InChI=1S/C15H26N4O/c1-11-10-19(6-5-13(11)20)14-16-7-12(8-17-14)9-18-15(2,3)4/h7-8,11,13,18,20H,5-6,9-10H2,1-4H3. The molecule has 1 aliphatic heterocycles. The normalized spacial score (nSPS) is 23.9. The molecule has 0 radical (unpaired) electrons. The van der Waals surface area contributed by atoms with Crippen LogP contribution in [0.3, 0.4) is 0 Å². The zero-order valence-electron chi connectivity index (χ0n) is 12.9. The first-order valence-electron chi connectivity index (χ1n) is 7.34. The van der Waals surface area contributed by atoms with E-state index >= 15 is 0 Å². The molecule has 0 aromatic carbocycles. The van der Waals surface area contributed by atoms with Gasteiger partial charge in [0.05, 0.1) is 6.10 Å². The molecule has 1 aromatic heterocycles. The molecular weight excluding hydrogens is 252 g/mol. The van der Waals surface area contributed by atoms with Crippen molar-refractivity contribution in [3.63, 3.8) is 0 Å². The van der Waals surface area contributed by atoms with Crippen LogP contribution in [0.5, 0.6) is 0 Å². The Morgan fingerprint density at radius 2 is 2.00 bits per heavy atom. The lowest BCUT2D eigenvalue weighted by molar-refractivity contribution is 0.0966. The van der Waals surface area contributed by atoms with Crippen molar-refractivity contribution < 1.29 is 5.11 Å². The molecule has 2 heterocycles. The summed E-state index contributed by atoms with van der Waals surface area (Å²) in [4.78, 5) is 11.1. The van der Waals surface area contributed by atoms with Crippen LogP contribution in [0.1, 0.15) is 39.7 Å². The number of aliphatic hydroxyl groups is 1. The molecule has 20 heavy (non-hydrogen) atoms. The van der Waals surface area contributed by atoms with Gasteiger partial charge < -0.3 is 15.3 Å². The first-order valence-corrected chi connectivity index (χ1v) is 7.34. The Morgan fingerprint density at radius 3 is 2.55 bits per heavy atom. The molecule has 2 atom stereocenters. The summed E-state index contributed by atoms with van der Waals surface area (Å²) in [6.45, 7) is 10.9. The Labute approximate surface area is 121 Å². The van der Waals surface area contributed by atoms with Crippen molar-refractivity contribution in [2.24, 2.45) is 5.92 Å². The average Bonchev–Trinajstić information content (AvgIpc) is 2.39. The van der Waals surface area contributed by atoms with Crippen molar-refractivity contribution in [2.45, 2.75) is 52.3 Å². The van der Waals surface area contributed by atoms with Crippen molar-refractivity contribution in [1.29, 1.82) is 0 Å². The monoisotopic (exact) mass is 278 g/mol. The molecule has 1 aromatic rings. The Bertz CT molecular complexity index is 426. The molecule has 0 amide bonds. The maximum atomic E-state index is 9.76. The van der Waals surface area contributed by atoms with Gasteiger partial charge in [-0.05, 0) is 33.1 Å². The van der Waals surface area contributed by atoms with Crippen molar-refractivity contribution in [1.82, 2.24) is 15.3 Å². The summed E-state index contributed by atoms with van der Waals surface area (Å²) in [5.74, 6) is 1.04. The number of aliphatic hydroxyl groups excluding tert-OH is 1. The zero-order chi connectivity index (χ0) is 14.8. The number of hydrogen-bond acceptors (Lipinski definition) is 5. The molecule has 112 valence electrons. The van der Waals surface area contributed by atoms with Crippen LogP contribution in [0.4, 0.5) is 5.95 Å². The topological polar surface area (TPSA) is 61.3 Å². The molecule has 5 nitrogen and oxygen atoms in total. The van der Waals surface area contributed by atoms with E-state index in [4.69, 9.17) is 0 Å². The minimum atomic E-state index is -0.193. The molecule has 0 aliphatic carbocycles. The van der Waals surface area contributed by atoms with Gasteiger partial charge in [-0.2, -0.15) is 0 Å². The summed E-state index contributed by atoms with van der Waals surface area (Å²) in [5, 5.41) is 13.2. The number of nitrogens with one attached hydrogen (secondary N) is 1. The smallest absolute Gasteiger partial charge is 0.225 e. The lowest BCUT2D eigenvalue weighted by Gasteiger charge is -2.34. The van der Waals surface area contributed by atoms with E-state index in [2.05, 4.69) is 47.9 Å². The van der Waals surface area contributed by atoms with Crippen LogP contribution in [-0.4, -0.2) is 39.8 Å². The third-order valence-electron chi connectivity index (χ3n) is 3.66. The Kier molecular flexibility index (Phi) is 4.60. The number of hydrogen-bond donors (Lipinski definition) is 2. The second kappa shape index (κ2) is 6.06. The fourth-order valence-electron chi connectivity index (χ4n) is 2.28. The van der Waals surface area contributed by atoms with Gasteiger partial charge in [0.25, 0.3) is 0 Å². The fraction of sp³-hybridized carbons (Fsp3) is 0.733. The van der Waals surface area contributed by atoms with Gasteiger partial charge in [0, 0.05) is 43.1 Å². The maximum Gasteiger partial charge on any atom is 0.225 e. The predicted octanol–water partition coefficient (Wildman–Crippen LogP) is 1.57. The highest BCUT2D eigenvalue weighted by Crippen LogP contribution is 2.20. The first kappa shape index (κ1) is 15.2. The average molecular weight is 278 g/mol. The van der Waals surface area contributed by atoms with Gasteiger partial charge in [-0.15, -0.1) is 0 Å². The minimum Gasteiger partial charge on any atom is -0.393 e. The van der Waals surface area contributed by atoms with Gasteiger partial charge in [0.15, 0.2) is 0 Å². The van der Waals surface area contributed by atoms with Crippen LogP contribution in [-0.2, 0) is 6.54 Å². The number of aromatic nitrogens is 2. The number of nitrogens with zero attached hydrogens (tertiary/aromatic N) is 3.